The molecule has 1 aromatic rings. The fraction of sp³-hybridized carbons (Fsp3) is 0.526. The van der Waals surface area contributed by atoms with E-state index in [1.54, 1.807) is 0 Å². The Labute approximate surface area is 153 Å². The number of carbonyl (C=O) groups excluding carboxylic acids is 2. The lowest BCUT2D eigenvalue weighted by Crippen LogP contribution is -2.63. The normalized spacial score (nSPS) is 17.1. The van der Waals surface area contributed by atoms with Gasteiger partial charge in [0.05, 0.1) is 12.6 Å². The number of carboxylic acids is 1. The molecular formula is C19H26N2O5. The highest BCUT2D eigenvalue weighted by molar-refractivity contribution is 5.90. The zero-order valence-electron chi connectivity index (χ0n) is 15.0. The van der Waals surface area contributed by atoms with Crippen molar-refractivity contribution in [3.05, 3.63) is 35.9 Å². The van der Waals surface area contributed by atoms with Crippen molar-refractivity contribution in [2.45, 2.75) is 50.1 Å². The first-order valence-electron chi connectivity index (χ1n) is 8.86. The molecule has 2 rings (SSSR count). The fourth-order valence-corrected chi connectivity index (χ4v) is 3.37. The maximum absolute atomic E-state index is 12.8. The largest absolute Gasteiger partial charge is 0.480 e. The van der Waals surface area contributed by atoms with E-state index in [4.69, 9.17) is 0 Å². The number of nitrogens with one attached hydrogen (secondary N) is 2. The SMILES string of the molecule is COC(=O)CNC(=O)C1(N[C@@H](Cc2ccccc2)C(=O)O)CCCCC1. The Morgan fingerprint density at radius 2 is 1.81 bits per heavy atom. The van der Waals surface area contributed by atoms with Gasteiger partial charge in [-0.05, 0) is 24.8 Å². The lowest BCUT2D eigenvalue weighted by molar-refractivity contribution is -0.144. The quantitative estimate of drug-likeness (QED) is 0.602. The van der Waals surface area contributed by atoms with Gasteiger partial charge in [0.1, 0.15) is 12.6 Å². The van der Waals surface area contributed by atoms with Crippen molar-refractivity contribution in [3.8, 4) is 0 Å². The van der Waals surface area contributed by atoms with E-state index >= 15 is 0 Å². The van der Waals surface area contributed by atoms with Crippen LogP contribution in [0.15, 0.2) is 30.3 Å². The summed E-state index contributed by atoms with van der Waals surface area (Å²) in [5.41, 5.74) is -0.0993. The van der Waals surface area contributed by atoms with Gasteiger partial charge in [0.25, 0.3) is 0 Å². The summed E-state index contributed by atoms with van der Waals surface area (Å²) in [6.45, 7) is -0.227. The van der Waals surface area contributed by atoms with Gasteiger partial charge in [-0.15, -0.1) is 0 Å². The number of rotatable bonds is 8. The summed E-state index contributed by atoms with van der Waals surface area (Å²) in [5, 5.41) is 15.3. The average Bonchev–Trinajstić information content (AvgIpc) is 2.66. The second-order valence-corrected chi connectivity index (χ2v) is 6.63. The van der Waals surface area contributed by atoms with Crippen molar-refractivity contribution in [2.24, 2.45) is 0 Å². The zero-order chi connectivity index (χ0) is 19.0. The summed E-state index contributed by atoms with van der Waals surface area (Å²) >= 11 is 0. The third kappa shape index (κ3) is 5.29. The summed E-state index contributed by atoms with van der Waals surface area (Å²) < 4.78 is 4.55. The number of carbonyl (C=O) groups is 3. The van der Waals surface area contributed by atoms with Crippen LogP contribution in [0.25, 0.3) is 0 Å². The van der Waals surface area contributed by atoms with Crippen LogP contribution in [0.5, 0.6) is 0 Å². The topological polar surface area (TPSA) is 105 Å². The summed E-state index contributed by atoms with van der Waals surface area (Å²) in [6, 6.07) is 8.42. The molecule has 1 aromatic carbocycles. The predicted octanol–water partition coefficient (Wildman–Crippen LogP) is 1.26. The molecule has 0 heterocycles. The van der Waals surface area contributed by atoms with Crippen LogP contribution in [0.1, 0.15) is 37.7 Å². The first-order valence-corrected chi connectivity index (χ1v) is 8.86. The standard InChI is InChI=1S/C19H26N2O5/c1-26-16(22)13-20-18(25)19(10-6-3-7-11-19)21-15(17(23)24)12-14-8-4-2-5-9-14/h2,4-5,8-9,15,21H,3,6-7,10-13H2,1H3,(H,20,25)(H,23,24)/t15-/m0/s1. The molecule has 0 aliphatic heterocycles. The molecule has 0 radical (unpaired) electrons. The maximum Gasteiger partial charge on any atom is 0.325 e. The van der Waals surface area contributed by atoms with Crippen molar-refractivity contribution in [3.63, 3.8) is 0 Å². The molecule has 0 bridgehead atoms. The maximum atomic E-state index is 12.8. The molecule has 1 fully saturated rings. The third-order valence-corrected chi connectivity index (χ3v) is 4.79. The van der Waals surface area contributed by atoms with E-state index < -0.39 is 23.5 Å². The Balaban J connectivity index is 2.14. The van der Waals surface area contributed by atoms with E-state index in [1.165, 1.54) is 7.11 Å². The summed E-state index contributed by atoms with van der Waals surface area (Å²) in [6.07, 6.45) is 4.02. The molecule has 1 saturated carbocycles. The number of esters is 1. The van der Waals surface area contributed by atoms with Crippen molar-refractivity contribution in [1.29, 1.82) is 0 Å². The molecule has 7 nitrogen and oxygen atoms in total. The zero-order valence-corrected chi connectivity index (χ0v) is 15.0. The molecule has 0 saturated heterocycles. The van der Waals surface area contributed by atoms with E-state index in [-0.39, 0.29) is 18.9 Å². The number of methoxy groups -OCH3 is 1. The van der Waals surface area contributed by atoms with E-state index in [1.807, 2.05) is 30.3 Å². The number of benzene rings is 1. The van der Waals surface area contributed by atoms with Crippen LogP contribution in [-0.2, 0) is 25.5 Å². The number of aliphatic carboxylic acids is 1. The van der Waals surface area contributed by atoms with Crippen LogP contribution in [-0.4, -0.2) is 48.2 Å². The third-order valence-electron chi connectivity index (χ3n) is 4.79. The van der Waals surface area contributed by atoms with E-state index in [0.717, 1.165) is 24.8 Å². The number of hydrogen-bond donors (Lipinski definition) is 3. The van der Waals surface area contributed by atoms with Crippen molar-refractivity contribution < 1.29 is 24.2 Å². The Kier molecular flexibility index (Phi) is 7.15. The molecule has 1 aliphatic carbocycles. The number of ether oxygens (including phenoxy) is 1. The van der Waals surface area contributed by atoms with Crippen molar-refractivity contribution in [1.82, 2.24) is 10.6 Å². The summed E-state index contributed by atoms with van der Waals surface area (Å²) in [7, 11) is 1.25. The van der Waals surface area contributed by atoms with Crippen LogP contribution in [0.2, 0.25) is 0 Å². The Hall–Kier alpha value is -2.41. The molecule has 142 valence electrons. The number of amides is 1. The molecule has 0 unspecified atom stereocenters. The van der Waals surface area contributed by atoms with E-state index in [0.29, 0.717) is 12.8 Å². The molecule has 1 aliphatic rings. The molecule has 0 aromatic heterocycles. The molecule has 26 heavy (non-hydrogen) atoms. The highest BCUT2D eigenvalue weighted by Gasteiger charge is 2.42. The highest BCUT2D eigenvalue weighted by atomic mass is 16.5. The van der Waals surface area contributed by atoms with Gasteiger partial charge < -0.3 is 15.2 Å². The van der Waals surface area contributed by atoms with Gasteiger partial charge in [0.15, 0.2) is 0 Å². The molecule has 3 N–H and O–H groups in total. The van der Waals surface area contributed by atoms with Gasteiger partial charge in [-0.2, -0.15) is 0 Å². The van der Waals surface area contributed by atoms with Crippen LogP contribution in [0, 0.1) is 0 Å². The van der Waals surface area contributed by atoms with Crippen LogP contribution in [0.4, 0.5) is 0 Å². The summed E-state index contributed by atoms with van der Waals surface area (Å²) in [4.78, 5) is 35.9. The van der Waals surface area contributed by atoms with Gasteiger partial charge in [0, 0.05) is 0 Å². The minimum Gasteiger partial charge on any atom is -0.480 e. The fourth-order valence-electron chi connectivity index (χ4n) is 3.37. The minimum absolute atomic E-state index is 0.227. The van der Waals surface area contributed by atoms with Crippen LogP contribution < -0.4 is 10.6 Å². The van der Waals surface area contributed by atoms with Crippen molar-refractivity contribution in [2.75, 3.05) is 13.7 Å². The first-order chi connectivity index (χ1) is 12.5. The first kappa shape index (κ1) is 19.9. The van der Waals surface area contributed by atoms with Gasteiger partial charge in [-0.1, -0.05) is 49.6 Å². The summed E-state index contributed by atoms with van der Waals surface area (Å²) in [5.74, 6) is -1.88. The van der Waals surface area contributed by atoms with Gasteiger partial charge >= 0.3 is 11.9 Å². The van der Waals surface area contributed by atoms with E-state index in [9.17, 15) is 19.5 Å². The smallest absolute Gasteiger partial charge is 0.325 e. The van der Waals surface area contributed by atoms with Crippen LogP contribution in [0.3, 0.4) is 0 Å². The molecule has 7 heteroatoms. The Morgan fingerprint density at radius 1 is 1.15 bits per heavy atom. The Bertz CT molecular complexity index is 626. The van der Waals surface area contributed by atoms with Gasteiger partial charge in [-0.25, -0.2) is 0 Å². The number of carboxylic acid groups (broad SMARTS) is 1. The minimum atomic E-state index is -1.00. The van der Waals surface area contributed by atoms with Gasteiger partial charge in [-0.3, -0.25) is 19.7 Å². The number of hydrogen-bond acceptors (Lipinski definition) is 5. The second kappa shape index (κ2) is 9.33. The van der Waals surface area contributed by atoms with Crippen LogP contribution >= 0.6 is 0 Å². The molecule has 1 atom stereocenters. The monoisotopic (exact) mass is 362 g/mol. The lowest BCUT2D eigenvalue weighted by atomic mass is 9.80. The average molecular weight is 362 g/mol. The second-order valence-electron chi connectivity index (χ2n) is 6.63. The molecule has 0 spiro atoms. The molecule has 1 amide bonds. The Morgan fingerprint density at radius 3 is 2.38 bits per heavy atom. The van der Waals surface area contributed by atoms with Crippen molar-refractivity contribution >= 4 is 17.8 Å². The predicted molar refractivity (Wildman–Crippen MR) is 95.5 cm³/mol. The lowest BCUT2D eigenvalue weighted by Gasteiger charge is -2.38. The molecular weight excluding hydrogens is 336 g/mol. The van der Waals surface area contributed by atoms with Gasteiger partial charge in [0.2, 0.25) is 5.91 Å². The van der Waals surface area contributed by atoms with E-state index in [2.05, 4.69) is 15.4 Å². The highest BCUT2D eigenvalue weighted by Crippen LogP contribution is 2.29.